The lowest BCUT2D eigenvalue weighted by Gasteiger charge is -2.15. The summed E-state index contributed by atoms with van der Waals surface area (Å²) in [6.07, 6.45) is 1.70. The molecular formula is C16H13BrN2O2. The summed E-state index contributed by atoms with van der Waals surface area (Å²) < 4.78 is 3.02. The first-order valence-electron chi connectivity index (χ1n) is 6.52. The largest absolute Gasteiger partial charge is 0.478 e. The molecule has 0 spiro atoms. The first kappa shape index (κ1) is 13.8. The molecule has 5 heteroatoms. The molecule has 3 aromatic rings. The highest BCUT2D eigenvalue weighted by Gasteiger charge is 2.16. The Morgan fingerprint density at radius 1 is 1.24 bits per heavy atom. The normalized spacial score (nSPS) is 12.5. The van der Waals surface area contributed by atoms with Crippen LogP contribution in [0.1, 0.15) is 28.9 Å². The van der Waals surface area contributed by atoms with Gasteiger partial charge in [0.15, 0.2) is 0 Å². The van der Waals surface area contributed by atoms with E-state index in [4.69, 9.17) is 0 Å². The van der Waals surface area contributed by atoms with Crippen molar-refractivity contribution >= 4 is 32.9 Å². The maximum atomic E-state index is 11.2. The Bertz CT molecular complexity index is 809. The Hall–Kier alpha value is -2.14. The number of hydrogen-bond donors (Lipinski definition) is 1. The van der Waals surface area contributed by atoms with Crippen LogP contribution < -0.4 is 0 Å². The van der Waals surface area contributed by atoms with Crippen molar-refractivity contribution in [3.05, 3.63) is 64.4 Å². The zero-order valence-electron chi connectivity index (χ0n) is 11.3. The highest BCUT2D eigenvalue weighted by Crippen LogP contribution is 2.26. The molecule has 1 aromatic heterocycles. The Morgan fingerprint density at radius 3 is 2.62 bits per heavy atom. The van der Waals surface area contributed by atoms with E-state index in [1.54, 1.807) is 18.5 Å². The third-order valence-corrected chi connectivity index (χ3v) is 4.13. The number of aromatic carboxylic acids is 1. The second-order valence-electron chi connectivity index (χ2n) is 4.86. The molecule has 4 nitrogen and oxygen atoms in total. The number of carbonyl (C=O) groups is 1. The number of halogens is 1. The number of hydrogen-bond acceptors (Lipinski definition) is 2. The minimum Gasteiger partial charge on any atom is -0.478 e. The van der Waals surface area contributed by atoms with E-state index in [9.17, 15) is 9.90 Å². The molecule has 1 atom stereocenters. The van der Waals surface area contributed by atoms with Crippen LogP contribution in [0, 0.1) is 0 Å². The summed E-state index contributed by atoms with van der Waals surface area (Å²) in [6.45, 7) is 2.07. The molecule has 1 heterocycles. The van der Waals surface area contributed by atoms with Crippen molar-refractivity contribution in [2.75, 3.05) is 0 Å². The van der Waals surface area contributed by atoms with Gasteiger partial charge in [0.25, 0.3) is 0 Å². The number of aromatic nitrogens is 2. The van der Waals surface area contributed by atoms with Crippen LogP contribution in [0.4, 0.5) is 0 Å². The summed E-state index contributed by atoms with van der Waals surface area (Å²) in [7, 11) is 0. The Labute approximate surface area is 130 Å². The number of carboxylic acid groups (broad SMARTS) is 1. The first-order valence-corrected chi connectivity index (χ1v) is 7.31. The molecule has 0 saturated heterocycles. The molecule has 1 unspecified atom stereocenters. The lowest BCUT2D eigenvalue weighted by molar-refractivity contribution is 0.0699. The second-order valence-corrected chi connectivity index (χ2v) is 5.77. The molecule has 0 aliphatic heterocycles. The number of rotatable bonds is 3. The van der Waals surface area contributed by atoms with Gasteiger partial charge in [0.1, 0.15) is 5.52 Å². The van der Waals surface area contributed by atoms with Crippen LogP contribution >= 0.6 is 15.9 Å². The summed E-state index contributed by atoms with van der Waals surface area (Å²) in [5.74, 6) is -0.956. The van der Waals surface area contributed by atoms with E-state index in [0.717, 1.165) is 15.6 Å². The lowest BCUT2D eigenvalue weighted by Crippen LogP contribution is -2.05. The van der Waals surface area contributed by atoms with Crippen LogP contribution in [-0.2, 0) is 0 Å². The van der Waals surface area contributed by atoms with E-state index in [2.05, 4.69) is 27.8 Å². The van der Waals surface area contributed by atoms with Crippen molar-refractivity contribution in [3.63, 3.8) is 0 Å². The van der Waals surface area contributed by atoms with Gasteiger partial charge in [-0.3, -0.25) is 0 Å². The van der Waals surface area contributed by atoms with Gasteiger partial charge in [0, 0.05) is 4.47 Å². The van der Waals surface area contributed by atoms with Gasteiger partial charge in [0.05, 0.1) is 23.4 Å². The summed E-state index contributed by atoms with van der Waals surface area (Å²) in [4.78, 5) is 15.5. The maximum Gasteiger partial charge on any atom is 0.337 e. The molecule has 0 aliphatic carbocycles. The van der Waals surface area contributed by atoms with Gasteiger partial charge >= 0.3 is 5.97 Å². The monoisotopic (exact) mass is 344 g/mol. The van der Waals surface area contributed by atoms with E-state index in [1.807, 2.05) is 34.9 Å². The van der Waals surface area contributed by atoms with E-state index < -0.39 is 5.97 Å². The highest BCUT2D eigenvalue weighted by atomic mass is 79.9. The van der Waals surface area contributed by atoms with Gasteiger partial charge < -0.3 is 9.67 Å². The Kier molecular flexibility index (Phi) is 3.51. The standard InChI is InChI=1S/C16H13BrN2O2/c1-10(11-5-7-12(17)8-6-11)19-9-18-15-13(16(20)21)3-2-4-14(15)19/h2-10H,1H3,(H,20,21). The molecule has 0 aliphatic rings. The highest BCUT2D eigenvalue weighted by molar-refractivity contribution is 9.10. The molecule has 21 heavy (non-hydrogen) atoms. The van der Waals surface area contributed by atoms with Crippen molar-refractivity contribution in [3.8, 4) is 0 Å². The van der Waals surface area contributed by atoms with Crippen LogP contribution in [0.15, 0.2) is 53.3 Å². The molecule has 0 fully saturated rings. The van der Waals surface area contributed by atoms with Gasteiger partial charge in [-0.1, -0.05) is 34.1 Å². The number of para-hydroxylation sites is 1. The van der Waals surface area contributed by atoms with Gasteiger partial charge in [0.2, 0.25) is 0 Å². The fourth-order valence-electron chi connectivity index (χ4n) is 2.44. The molecule has 0 amide bonds. The van der Waals surface area contributed by atoms with Crippen LogP contribution in [0.3, 0.4) is 0 Å². The van der Waals surface area contributed by atoms with Crippen LogP contribution in [0.5, 0.6) is 0 Å². The van der Waals surface area contributed by atoms with E-state index in [-0.39, 0.29) is 11.6 Å². The van der Waals surface area contributed by atoms with Crippen LogP contribution in [0.25, 0.3) is 11.0 Å². The summed E-state index contributed by atoms with van der Waals surface area (Å²) in [5.41, 5.74) is 2.71. The van der Waals surface area contributed by atoms with E-state index in [1.165, 1.54) is 0 Å². The number of carboxylic acids is 1. The smallest absolute Gasteiger partial charge is 0.337 e. The molecule has 0 saturated carbocycles. The fraction of sp³-hybridized carbons (Fsp3) is 0.125. The van der Waals surface area contributed by atoms with Crippen molar-refractivity contribution in [1.29, 1.82) is 0 Å². The van der Waals surface area contributed by atoms with E-state index >= 15 is 0 Å². The van der Waals surface area contributed by atoms with Crippen LogP contribution in [0.2, 0.25) is 0 Å². The van der Waals surface area contributed by atoms with Crippen molar-refractivity contribution < 1.29 is 9.90 Å². The van der Waals surface area contributed by atoms with Crippen molar-refractivity contribution in [2.45, 2.75) is 13.0 Å². The van der Waals surface area contributed by atoms with Gasteiger partial charge in [-0.15, -0.1) is 0 Å². The number of nitrogens with zero attached hydrogens (tertiary/aromatic N) is 2. The quantitative estimate of drug-likeness (QED) is 0.777. The zero-order valence-corrected chi connectivity index (χ0v) is 12.9. The minimum atomic E-state index is -0.956. The average Bonchev–Trinajstić information content (AvgIpc) is 2.90. The molecule has 1 N–H and O–H groups in total. The predicted octanol–water partition coefficient (Wildman–Crippen LogP) is 4.11. The first-order chi connectivity index (χ1) is 10.1. The third kappa shape index (κ3) is 2.45. The number of imidazole rings is 1. The van der Waals surface area contributed by atoms with Crippen molar-refractivity contribution in [1.82, 2.24) is 9.55 Å². The Balaban J connectivity index is 2.11. The fourth-order valence-corrected chi connectivity index (χ4v) is 2.70. The van der Waals surface area contributed by atoms with Gasteiger partial charge in [-0.25, -0.2) is 9.78 Å². The second kappa shape index (κ2) is 5.33. The maximum absolute atomic E-state index is 11.2. The zero-order chi connectivity index (χ0) is 15.0. The lowest BCUT2D eigenvalue weighted by atomic mass is 10.1. The average molecular weight is 345 g/mol. The van der Waals surface area contributed by atoms with Gasteiger partial charge in [-0.2, -0.15) is 0 Å². The molecular weight excluding hydrogens is 332 g/mol. The Morgan fingerprint density at radius 2 is 1.95 bits per heavy atom. The predicted molar refractivity (Wildman–Crippen MR) is 84.6 cm³/mol. The number of benzene rings is 2. The minimum absolute atomic E-state index is 0.0761. The molecule has 106 valence electrons. The summed E-state index contributed by atoms with van der Waals surface area (Å²) in [5, 5.41) is 9.22. The summed E-state index contributed by atoms with van der Waals surface area (Å²) >= 11 is 3.42. The summed E-state index contributed by atoms with van der Waals surface area (Å²) in [6, 6.07) is 13.4. The number of fused-ring (bicyclic) bond motifs is 1. The SMILES string of the molecule is CC(c1ccc(Br)cc1)n1cnc2c(C(=O)O)cccc21. The van der Waals surface area contributed by atoms with Gasteiger partial charge in [-0.05, 0) is 36.8 Å². The van der Waals surface area contributed by atoms with Crippen molar-refractivity contribution in [2.24, 2.45) is 0 Å². The molecule has 3 rings (SSSR count). The third-order valence-electron chi connectivity index (χ3n) is 3.60. The molecule has 2 aromatic carbocycles. The topological polar surface area (TPSA) is 55.1 Å². The van der Waals surface area contributed by atoms with Crippen LogP contribution in [-0.4, -0.2) is 20.6 Å². The molecule has 0 radical (unpaired) electrons. The molecule has 0 bridgehead atoms. The van der Waals surface area contributed by atoms with E-state index in [0.29, 0.717) is 5.52 Å².